The lowest BCUT2D eigenvalue weighted by Crippen LogP contribution is -1.94. The number of hydrogen-bond acceptors (Lipinski definition) is 2. The van der Waals surface area contributed by atoms with Gasteiger partial charge >= 0.3 is 0 Å². The highest BCUT2D eigenvalue weighted by molar-refractivity contribution is 6.45. The summed E-state index contributed by atoms with van der Waals surface area (Å²) in [6.45, 7) is 0. The lowest BCUT2D eigenvalue weighted by molar-refractivity contribution is 0.414. The van der Waals surface area contributed by atoms with Gasteiger partial charge in [-0.15, -0.1) is 0 Å². The molecule has 0 radical (unpaired) electrons. The van der Waals surface area contributed by atoms with Crippen LogP contribution in [0.15, 0.2) is 36.4 Å². The number of methoxy groups -OCH3 is 1. The van der Waals surface area contributed by atoms with Crippen molar-refractivity contribution in [2.75, 3.05) is 7.11 Å². The number of halogens is 6. The van der Waals surface area contributed by atoms with Crippen LogP contribution in [0.2, 0.25) is 30.1 Å². The minimum absolute atomic E-state index is 0.323. The van der Waals surface area contributed by atoms with Gasteiger partial charge in [0, 0.05) is 33.3 Å². The molecule has 0 aliphatic carbocycles. The Kier molecular flexibility index (Phi) is 6.13. The molecule has 0 aliphatic rings. The number of nitrogens with zero attached hydrogens (tertiary/aromatic N) is 1. The van der Waals surface area contributed by atoms with Gasteiger partial charge in [-0.1, -0.05) is 69.6 Å². The van der Waals surface area contributed by atoms with Crippen molar-refractivity contribution < 1.29 is 4.74 Å². The fraction of sp³-hybridized carbons (Fsp3) is 0.0556. The van der Waals surface area contributed by atoms with E-state index in [1.807, 2.05) is 0 Å². The number of hydrogen-bond donors (Lipinski definition) is 0. The molecular weight excluding hydrogens is 459 g/mol. The molecule has 2 aromatic carbocycles. The van der Waals surface area contributed by atoms with Crippen molar-refractivity contribution in [3.8, 4) is 28.3 Å². The Bertz CT molecular complexity index is 930. The summed E-state index contributed by atoms with van der Waals surface area (Å²) in [6.07, 6.45) is 0. The molecule has 0 saturated heterocycles. The number of benzene rings is 2. The predicted molar refractivity (Wildman–Crippen MR) is 112 cm³/mol. The van der Waals surface area contributed by atoms with Crippen LogP contribution in [0.25, 0.3) is 22.5 Å². The van der Waals surface area contributed by atoms with Crippen molar-refractivity contribution in [3.63, 3.8) is 0 Å². The van der Waals surface area contributed by atoms with Gasteiger partial charge in [0.15, 0.2) is 0 Å². The number of rotatable bonds is 3. The zero-order valence-corrected chi connectivity index (χ0v) is 17.6. The number of aromatic nitrogens is 1. The summed E-state index contributed by atoms with van der Waals surface area (Å²) in [4.78, 5) is 4.62. The third-order valence-electron chi connectivity index (χ3n) is 3.57. The molecule has 8 heteroatoms. The molecule has 134 valence electrons. The largest absolute Gasteiger partial charge is 0.497 e. The van der Waals surface area contributed by atoms with Crippen LogP contribution in [0.1, 0.15) is 0 Å². The summed E-state index contributed by atoms with van der Waals surface area (Å²) in [5.41, 5.74) is 2.16. The van der Waals surface area contributed by atoms with Crippen LogP contribution in [0, 0.1) is 0 Å². The van der Waals surface area contributed by atoms with Crippen molar-refractivity contribution in [3.05, 3.63) is 66.5 Å². The van der Waals surface area contributed by atoms with Crippen molar-refractivity contribution in [1.82, 2.24) is 4.98 Å². The molecule has 0 bridgehead atoms. The molecule has 0 aliphatic heterocycles. The molecular formula is C18H9Cl6NO. The molecule has 3 rings (SSSR count). The molecule has 1 heterocycles. The van der Waals surface area contributed by atoms with E-state index in [0.29, 0.717) is 58.4 Å². The highest BCUT2D eigenvalue weighted by atomic mass is 35.5. The Morgan fingerprint density at radius 1 is 0.654 bits per heavy atom. The normalized spacial score (nSPS) is 10.9. The highest BCUT2D eigenvalue weighted by Gasteiger charge is 2.16. The van der Waals surface area contributed by atoms with Gasteiger partial charge in [0.1, 0.15) is 5.75 Å². The summed E-state index contributed by atoms with van der Waals surface area (Å²) < 4.78 is 5.38. The van der Waals surface area contributed by atoms with Crippen molar-refractivity contribution in [1.29, 1.82) is 0 Å². The maximum absolute atomic E-state index is 6.34. The van der Waals surface area contributed by atoms with Gasteiger partial charge in [-0.25, -0.2) is 4.98 Å². The quantitative estimate of drug-likeness (QED) is 0.361. The van der Waals surface area contributed by atoms with E-state index >= 15 is 0 Å². The standard InChI is InChI=1S/C18H9Cl6NO/c1-26-10-6-15(11-2-8(19)4-13(21)17(11)23)25-16(7-10)12-3-9(20)5-14(22)18(12)24/h2-7H,1H3. The molecule has 0 unspecified atom stereocenters. The molecule has 0 atom stereocenters. The maximum Gasteiger partial charge on any atom is 0.123 e. The molecule has 0 saturated carbocycles. The molecule has 3 aromatic rings. The second kappa shape index (κ2) is 8.02. The van der Waals surface area contributed by atoms with E-state index in [-0.39, 0.29) is 0 Å². The van der Waals surface area contributed by atoms with Gasteiger partial charge in [-0.3, -0.25) is 0 Å². The monoisotopic (exact) mass is 465 g/mol. The zero-order valence-electron chi connectivity index (χ0n) is 13.1. The molecule has 1 aromatic heterocycles. The molecule has 0 fully saturated rings. The van der Waals surface area contributed by atoms with Gasteiger partial charge in [0.25, 0.3) is 0 Å². The Hall–Kier alpha value is -0.870. The molecule has 26 heavy (non-hydrogen) atoms. The van der Waals surface area contributed by atoms with Gasteiger partial charge < -0.3 is 4.74 Å². The summed E-state index contributed by atoms with van der Waals surface area (Å²) in [6, 6.07) is 9.91. The third-order valence-corrected chi connectivity index (χ3v) is 5.61. The average Bonchev–Trinajstić information content (AvgIpc) is 2.60. The predicted octanol–water partition coefficient (Wildman–Crippen LogP) is 8.34. The van der Waals surface area contributed by atoms with Crippen LogP contribution in [0.4, 0.5) is 0 Å². The Labute approximate surface area is 180 Å². The first kappa shape index (κ1) is 19.9. The minimum Gasteiger partial charge on any atom is -0.497 e. The fourth-order valence-corrected chi connectivity index (χ4v) is 3.78. The first-order valence-electron chi connectivity index (χ1n) is 7.16. The van der Waals surface area contributed by atoms with Crippen molar-refractivity contribution in [2.24, 2.45) is 0 Å². The lowest BCUT2D eigenvalue weighted by atomic mass is 10.1. The van der Waals surface area contributed by atoms with E-state index in [1.165, 1.54) is 0 Å². The van der Waals surface area contributed by atoms with E-state index in [2.05, 4.69) is 4.98 Å². The molecule has 0 N–H and O–H groups in total. The SMILES string of the molecule is COc1cc(-c2cc(Cl)cc(Cl)c2Cl)nc(-c2cc(Cl)cc(Cl)c2Cl)c1. The van der Waals surface area contributed by atoms with Crippen molar-refractivity contribution >= 4 is 69.6 Å². The summed E-state index contributed by atoms with van der Waals surface area (Å²) in [5, 5.41) is 2.18. The Balaban J connectivity index is 2.27. The van der Waals surface area contributed by atoms with Crippen LogP contribution >= 0.6 is 69.6 Å². The molecule has 0 spiro atoms. The van der Waals surface area contributed by atoms with Crippen LogP contribution in [0.5, 0.6) is 5.75 Å². The highest BCUT2D eigenvalue weighted by Crippen LogP contribution is 2.40. The van der Waals surface area contributed by atoms with E-state index in [9.17, 15) is 0 Å². The van der Waals surface area contributed by atoms with Crippen LogP contribution in [-0.4, -0.2) is 12.1 Å². The van der Waals surface area contributed by atoms with E-state index in [4.69, 9.17) is 74.3 Å². The average molecular weight is 468 g/mol. The lowest BCUT2D eigenvalue weighted by Gasteiger charge is -2.13. The summed E-state index contributed by atoms with van der Waals surface area (Å²) in [5.74, 6) is 0.546. The van der Waals surface area contributed by atoms with E-state index in [0.717, 1.165) is 0 Å². The van der Waals surface area contributed by atoms with Gasteiger partial charge in [0.05, 0.1) is 38.6 Å². The first-order chi connectivity index (χ1) is 12.3. The molecule has 0 amide bonds. The maximum atomic E-state index is 6.34. The van der Waals surface area contributed by atoms with Crippen molar-refractivity contribution in [2.45, 2.75) is 0 Å². The van der Waals surface area contributed by atoms with Gasteiger partial charge in [-0.2, -0.15) is 0 Å². The van der Waals surface area contributed by atoms with E-state index < -0.39 is 0 Å². The third kappa shape index (κ3) is 4.01. The summed E-state index contributed by atoms with van der Waals surface area (Å²) in [7, 11) is 1.54. The minimum atomic E-state index is 0.323. The smallest absolute Gasteiger partial charge is 0.123 e. The second-order valence-corrected chi connectivity index (χ2v) is 7.72. The number of pyridine rings is 1. The van der Waals surface area contributed by atoms with Crippen LogP contribution in [0.3, 0.4) is 0 Å². The Morgan fingerprint density at radius 2 is 1.08 bits per heavy atom. The number of ether oxygens (including phenoxy) is 1. The summed E-state index contributed by atoms with van der Waals surface area (Å²) >= 11 is 37.2. The molecule has 2 nitrogen and oxygen atoms in total. The topological polar surface area (TPSA) is 22.1 Å². The van der Waals surface area contributed by atoms with Crippen LogP contribution in [-0.2, 0) is 0 Å². The Morgan fingerprint density at radius 3 is 1.46 bits per heavy atom. The van der Waals surface area contributed by atoms with Gasteiger partial charge in [-0.05, 0) is 24.3 Å². The van der Waals surface area contributed by atoms with E-state index in [1.54, 1.807) is 43.5 Å². The first-order valence-corrected chi connectivity index (χ1v) is 9.43. The van der Waals surface area contributed by atoms with Crippen LogP contribution < -0.4 is 4.74 Å². The van der Waals surface area contributed by atoms with Gasteiger partial charge in [0.2, 0.25) is 0 Å². The fourth-order valence-electron chi connectivity index (χ4n) is 2.38. The second-order valence-electron chi connectivity index (χ2n) is 5.28. The zero-order chi connectivity index (χ0) is 19.0.